The molecule has 18 heavy (non-hydrogen) atoms. The molecule has 2 atom stereocenters. The van der Waals surface area contributed by atoms with E-state index in [4.69, 9.17) is 10.5 Å². The van der Waals surface area contributed by atoms with Gasteiger partial charge in [0.2, 0.25) is 0 Å². The van der Waals surface area contributed by atoms with Crippen molar-refractivity contribution in [2.24, 2.45) is 5.73 Å². The first kappa shape index (κ1) is 14.4. The Morgan fingerprint density at radius 3 is 2.67 bits per heavy atom. The van der Waals surface area contributed by atoms with Gasteiger partial charge in [0.05, 0.1) is 0 Å². The lowest BCUT2D eigenvalue weighted by molar-refractivity contribution is -0.123. The van der Waals surface area contributed by atoms with Crippen molar-refractivity contribution in [3.8, 4) is 5.75 Å². The molecule has 1 aromatic carbocycles. The molecule has 1 amide bonds. The molecule has 5 heteroatoms. The third kappa shape index (κ3) is 3.70. The Kier molecular flexibility index (Phi) is 5.09. The molecule has 4 nitrogen and oxygen atoms in total. The van der Waals surface area contributed by atoms with E-state index in [2.05, 4.69) is 5.32 Å². The minimum atomic E-state index is -0.776. The number of halogens is 1. The number of ether oxygens (including phenoxy) is 1. The fourth-order valence-electron chi connectivity index (χ4n) is 1.61. The summed E-state index contributed by atoms with van der Waals surface area (Å²) in [5.41, 5.74) is 5.64. The maximum absolute atomic E-state index is 13.8. The van der Waals surface area contributed by atoms with E-state index in [1.807, 2.05) is 13.8 Å². The van der Waals surface area contributed by atoms with Gasteiger partial charge < -0.3 is 15.8 Å². The van der Waals surface area contributed by atoms with Gasteiger partial charge in [-0.1, -0.05) is 13.0 Å². The number of carbonyl (C=O) groups excluding carboxylic acids is 1. The number of nitrogens with two attached hydrogens (primary N) is 1. The van der Waals surface area contributed by atoms with Crippen molar-refractivity contribution in [2.45, 2.75) is 32.9 Å². The molecule has 0 heterocycles. The summed E-state index contributed by atoms with van der Waals surface area (Å²) >= 11 is 0. The number of hydrogen-bond donors (Lipinski definition) is 2. The Bertz CT molecular complexity index is 423. The number of carbonyl (C=O) groups is 1. The molecule has 0 saturated carbocycles. The highest BCUT2D eigenvalue weighted by molar-refractivity contribution is 5.78. The van der Waals surface area contributed by atoms with E-state index < -0.39 is 12.0 Å². The van der Waals surface area contributed by atoms with Crippen LogP contribution in [0.2, 0.25) is 0 Å². The zero-order chi connectivity index (χ0) is 13.7. The first-order valence-electron chi connectivity index (χ1n) is 5.94. The zero-order valence-corrected chi connectivity index (χ0v) is 10.9. The molecule has 1 rings (SSSR count). The standard InChI is InChI=1S/C13H19FN2O2/c1-4-16-8(2)11-6-5-10(7-12(11)14)18-9(3)13(15)17/h5-9,16H,4H2,1-3H3,(H2,15,17). The molecule has 0 radical (unpaired) electrons. The molecule has 0 spiro atoms. The number of benzene rings is 1. The monoisotopic (exact) mass is 254 g/mol. The molecule has 0 aromatic heterocycles. The topological polar surface area (TPSA) is 64.3 Å². The maximum Gasteiger partial charge on any atom is 0.258 e. The summed E-state index contributed by atoms with van der Waals surface area (Å²) < 4.78 is 19.1. The Morgan fingerprint density at radius 2 is 2.17 bits per heavy atom. The lowest BCUT2D eigenvalue weighted by atomic mass is 10.1. The summed E-state index contributed by atoms with van der Waals surface area (Å²) in [6, 6.07) is 4.47. The van der Waals surface area contributed by atoms with Crippen molar-refractivity contribution in [2.75, 3.05) is 6.54 Å². The number of rotatable bonds is 6. The van der Waals surface area contributed by atoms with Gasteiger partial charge in [-0.05, 0) is 26.5 Å². The van der Waals surface area contributed by atoms with Crippen LogP contribution in [0, 0.1) is 5.82 Å². The summed E-state index contributed by atoms with van der Waals surface area (Å²) in [4.78, 5) is 10.8. The predicted molar refractivity (Wildman–Crippen MR) is 67.8 cm³/mol. The average Bonchev–Trinajstić information content (AvgIpc) is 2.29. The molecule has 0 aliphatic carbocycles. The van der Waals surface area contributed by atoms with Gasteiger partial charge in [-0.2, -0.15) is 0 Å². The van der Waals surface area contributed by atoms with E-state index in [9.17, 15) is 9.18 Å². The Hall–Kier alpha value is -1.62. The van der Waals surface area contributed by atoms with Crippen LogP contribution in [0.5, 0.6) is 5.75 Å². The van der Waals surface area contributed by atoms with Crippen LogP contribution in [0.15, 0.2) is 18.2 Å². The normalized spacial score (nSPS) is 14.0. The molecule has 1 aromatic rings. The van der Waals surface area contributed by atoms with Crippen molar-refractivity contribution >= 4 is 5.91 Å². The van der Waals surface area contributed by atoms with Gasteiger partial charge >= 0.3 is 0 Å². The highest BCUT2D eigenvalue weighted by Crippen LogP contribution is 2.22. The lowest BCUT2D eigenvalue weighted by Crippen LogP contribution is -2.30. The fourth-order valence-corrected chi connectivity index (χ4v) is 1.61. The largest absolute Gasteiger partial charge is 0.481 e. The molecule has 0 aliphatic heterocycles. The Balaban J connectivity index is 2.82. The number of hydrogen-bond acceptors (Lipinski definition) is 3. The van der Waals surface area contributed by atoms with Crippen LogP contribution in [-0.2, 0) is 4.79 Å². The van der Waals surface area contributed by atoms with Gasteiger partial charge in [0.15, 0.2) is 6.10 Å². The number of amides is 1. The van der Waals surface area contributed by atoms with Gasteiger partial charge in [-0.15, -0.1) is 0 Å². The van der Waals surface area contributed by atoms with Gasteiger partial charge in [0, 0.05) is 17.7 Å². The lowest BCUT2D eigenvalue weighted by Gasteiger charge is -2.16. The molecule has 0 saturated heterocycles. The molecule has 2 unspecified atom stereocenters. The van der Waals surface area contributed by atoms with Gasteiger partial charge in [0.25, 0.3) is 5.91 Å². The number of nitrogens with one attached hydrogen (secondary N) is 1. The van der Waals surface area contributed by atoms with E-state index in [1.165, 1.54) is 13.0 Å². The van der Waals surface area contributed by atoms with Crippen LogP contribution in [0.1, 0.15) is 32.4 Å². The third-order valence-corrected chi connectivity index (χ3v) is 2.66. The third-order valence-electron chi connectivity index (χ3n) is 2.66. The number of primary amides is 1. The van der Waals surface area contributed by atoms with Crippen molar-refractivity contribution in [1.29, 1.82) is 0 Å². The quantitative estimate of drug-likeness (QED) is 0.813. The van der Waals surface area contributed by atoms with Crippen LogP contribution in [0.3, 0.4) is 0 Å². The van der Waals surface area contributed by atoms with Crippen LogP contribution in [0.4, 0.5) is 4.39 Å². The van der Waals surface area contributed by atoms with Crippen LogP contribution in [0.25, 0.3) is 0 Å². The first-order chi connectivity index (χ1) is 8.45. The second kappa shape index (κ2) is 6.35. The van der Waals surface area contributed by atoms with E-state index >= 15 is 0 Å². The molecule has 0 fully saturated rings. The minimum Gasteiger partial charge on any atom is -0.481 e. The smallest absolute Gasteiger partial charge is 0.258 e. The molecule has 3 N–H and O–H groups in total. The summed E-state index contributed by atoms with van der Waals surface area (Å²) in [5, 5.41) is 3.13. The average molecular weight is 254 g/mol. The highest BCUT2D eigenvalue weighted by Gasteiger charge is 2.14. The van der Waals surface area contributed by atoms with E-state index in [1.54, 1.807) is 12.1 Å². The molecular weight excluding hydrogens is 235 g/mol. The second-order valence-corrected chi connectivity index (χ2v) is 4.13. The molecule has 100 valence electrons. The first-order valence-corrected chi connectivity index (χ1v) is 5.94. The molecule has 0 aliphatic rings. The predicted octanol–water partition coefficient (Wildman–Crippen LogP) is 1.75. The maximum atomic E-state index is 13.8. The van der Waals surface area contributed by atoms with Gasteiger partial charge in [-0.3, -0.25) is 4.79 Å². The van der Waals surface area contributed by atoms with E-state index in [0.29, 0.717) is 11.3 Å². The highest BCUT2D eigenvalue weighted by atomic mass is 19.1. The summed E-state index contributed by atoms with van der Waals surface area (Å²) in [7, 11) is 0. The van der Waals surface area contributed by atoms with Crippen LogP contribution in [-0.4, -0.2) is 18.6 Å². The molecule has 0 bridgehead atoms. The van der Waals surface area contributed by atoms with Crippen molar-refractivity contribution in [3.05, 3.63) is 29.6 Å². The SMILES string of the molecule is CCNC(C)c1ccc(OC(C)C(N)=O)cc1F. The van der Waals surface area contributed by atoms with E-state index in [0.717, 1.165) is 6.54 Å². The Morgan fingerprint density at radius 1 is 1.50 bits per heavy atom. The second-order valence-electron chi connectivity index (χ2n) is 4.13. The van der Waals surface area contributed by atoms with Gasteiger partial charge in [0.1, 0.15) is 11.6 Å². The molecular formula is C13H19FN2O2. The van der Waals surface area contributed by atoms with Gasteiger partial charge in [-0.25, -0.2) is 4.39 Å². The van der Waals surface area contributed by atoms with Crippen molar-refractivity contribution < 1.29 is 13.9 Å². The fraction of sp³-hybridized carbons (Fsp3) is 0.462. The Labute approximate surface area is 106 Å². The van der Waals surface area contributed by atoms with Crippen LogP contribution >= 0.6 is 0 Å². The summed E-state index contributed by atoms with van der Waals surface area (Å²) in [5.74, 6) is -0.649. The van der Waals surface area contributed by atoms with Crippen LogP contribution < -0.4 is 15.8 Å². The summed E-state index contributed by atoms with van der Waals surface area (Å²) in [6.07, 6.45) is -0.776. The minimum absolute atomic E-state index is 0.0717. The van der Waals surface area contributed by atoms with Crippen molar-refractivity contribution in [1.82, 2.24) is 5.32 Å². The summed E-state index contributed by atoms with van der Waals surface area (Å²) in [6.45, 7) is 6.13. The van der Waals surface area contributed by atoms with Crippen molar-refractivity contribution in [3.63, 3.8) is 0 Å². The van der Waals surface area contributed by atoms with E-state index in [-0.39, 0.29) is 11.9 Å². The zero-order valence-electron chi connectivity index (χ0n) is 10.9.